The fraction of sp³-hybridized carbons (Fsp3) is 0.500. The molecule has 102 valence electrons. The maximum absolute atomic E-state index is 6.06. The van der Waals surface area contributed by atoms with Gasteiger partial charge < -0.3 is 0 Å². The molecule has 0 aliphatic rings. The van der Waals surface area contributed by atoms with Gasteiger partial charge in [0.2, 0.25) is 14.8 Å². The topological polar surface area (TPSA) is 0 Å². The largest absolute Gasteiger partial charge is 0.240 e. The van der Waals surface area contributed by atoms with Gasteiger partial charge in [-0.25, -0.2) is 0 Å². The molecule has 2 atom stereocenters. The highest BCUT2D eigenvalue weighted by Gasteiger charge is 2.19. The molecule has 0 spiro atoms. The second-order valence-corrected chi connectivity index (χ2v) is 15.4. The van der Waals surface area contributed by atoms with E-state index < -0.39 is 14.8 Å². The molecule has 1 aromatic rings. The zero-order valence-corrected chi connectivity index (χ0v) is 15.9. The normalized spacial score (nSPS) is 15.1. The summed E-state index contributed by atoms with van der Waals surface area (Å²) < 4.78 is 0. The van der Waals surface area contributed by atoms with Crippen LogP contribution in [-0.4, -0.2) is 14.8 Å². The molecule has 1 aromatic carbocycles. The molecule has 0 saturated carbocycles. The summed E-state index contributed by atoms with van der Waals surface area (Å²) in [5.74, 6) is 0. The Hall–Kier alpha value is 0.814. The van der Waals surface area contributed by atoms with Gasteiger partial charge in [-0.3, -0.25) is 0 Å². The molecule has 6 heteroatoms. The minimum atomic E-state index is -1.61. The van der Waals surface area contributed by atoms with Gasteiger partial charge in [0.15, 0.2) is 0 Å². The second-order valence-electron chi connectivity index (χ2n) is 4.80. The van der Waals surface area contributed by atoms with Crippen LogP contribution in [0.1, 0.15) is 25.0 Å². The van der Waals surface area contributed by atoms with E-state index in [2.05, 4.69) is 38.1 Å². The predicted octanol–water partition coefficient (Wildman–Crippen LogP) is 4.95. The van der Waals surface area contributed by atoms with Gasteiger partial charge in [-0.05, 0) is 35.1 Å². The van der Waals surface area contributed by atoms with Crippen LogP contribution in [0.2, 0.25) is 11.1 Å². The first-order chi connectivity index (χ1) is 8.41. The minimum Gasteiger partial charge on any atom is -0.150 e. The molecule has 0 N–H and O–H groups in total. The molecule has 18 heavy (non-hydrogen) atoms. The van der Waals surface area contributed by atoms with Crippen molar-refractivity contribution in [2.75, 3.05) is 0 Å². The first-order valence-electron chi connectivity index (χ1n) is 6.05. The molecule has 0 aromatic heterocycles. The summed E-state index contributed by atoms with van der Waals surface area (Å²) in [5, 5.41) is 0. The van der Waals surface area contributed by atoms with Gasteiger partial charge in [0, 0.05) is 0 Å². The molecule has 0 bridgehead atoms. The van der Waals surface area contributed by atoms with E-state index >= 15 is 0 Å². The summed E-state index contributed by atoms with van der Waals surface area (Å²) in [4.78, 5) is 0. The zero-order chi connectivity index (χ0) is 13.7. The highest BCUT2D eigenvalue weighted by atomic mass is 35.7. The molecule has 0 saturated heterocycles. The second kappa shape index (κ2) is 8.18. The van der Waals surface area contributed by atoms with Crippen molar-refractivity contribution in [2.45, 2.75) is 37.8 Å². The van der Waals surface area contributed by atoms with Gasteiger partial charge in [-0.1, -0.05) is 38.1 Å². The molecule has 0 radical (unpaired) electrons. The summed E-state index contributed by atoms with van der Waals surface area (Å²) in [6, 6.07) is 8.43. The third-order valence-electron chi connectivity index (χ3n) is 3.06. The smallest absolute Gasteiger partial charge is 0.150 e. The first-order valence-corrected chi connectivity index (χ1v) is 14.4. The summed E-state index contributed by atoms with van der Waals surface area (Å²) >= 11 is 24.2. The molecule has 0 heterocycles. The Morgan fingerprint density at radius 3 is 1.44 bits per heavy atom. The van der Waals surface area contributed by atoms with Crippen molar-refractivity contribution in [3.05, 3.63) is 35.4 Å². The lowest BCUT2D eigenvalue weighted by atomic mass is 9.99. The Morgan fingerprint density at radius 2 is 1.17 bits per heavy atom. The van der Waals surface area contributed by atoms with E-state index in [1.165, 1.54) is 11.1 Å². The highest BCUT2D eigenvalue weighted by Crippen LogP contribution is 2.27. The van der Waals surface area contributed by atoms with Crippen LogP contribution in [0.5, 0.6) is 0 Å². The van der Waals surface area contributed by atoms with Crippen molar-refractivity contribution in [1.29, 1.82) is 0 Å². The van der Waals surface area contributed by atoms with E-state index in [9.17, 15) is 0 Å². The maximum Gasteiger partial charge on any atom is 0.240 e. The van der Waals surface area contributed by atoms with Crippen LogP contribution in [0, 0.1) is 0 Å². The Kier molecular flexibility index (Phi) is 7.66. The van der Waals surface area contributed by atoms with E-state index in [1.807, 2.05) is 0 Å². The number of benzene rings is 1. The van der Waals surface area contributed by atoms with Gasteiger partial charge in [-0.2, -0.15) is 44.3 Å². The zero-order valence-electron chi connectivity index (χ0n) is 10.5. The Bertz CT molecular complexity index is 336. The average molecular weight is 360 g/mol. The van der Waals surface area contributed by atoms with Crippen molar-refractivity contribution in [2.24, 2.45) is 0 Å². The standard InChI is InChI=1S/C12H18Cl4Si2/c1-9(17(13)14)7-11-5-3-4-6-12(11)8-10(2)18(15)16/h3-6,9-10,17-18H,7-8H2,1-2H3. The van der Waals surface area contributed by atoms with Crippen LogP contribution < -0.4 is 0 Å². The van der Waals surface area contributed by atoms with Crippen LogP contribution in [-0.2, 0) is 12.8 Å². The van der Waals surface area contributed by atoms with Gasteiger partial charge >= 0.3 is 0 Å². The summed E-state index contributed by atoms with van der Waals surface area (Å²) in [7, 11) is -3.22. The molecular formula is C12H18Cl4Si2. The number of hydrogen-bond donors (Lipinski definition) is 0. The fourth-order valence-corrected chi connectivity index (χ4v) is 3.76. The van der Waals surface area contributed by atoms with Crippen LogP contribution in [0.25, 0.3) is 0 Å². The molecule has 2 unspecified atom stereocenters. The van der Waals surface area contributed by atoms with Crippen LogP contribution in [0.3, 0.4) is 0 Å². The van der Waals surface area contributed by atoms with E-state index in [1.54, 1.807) is 0 Å². The SMILES string of the molecule is CC(Cc1ccccc1CC(C)[SiH](Cl)Cl)[SiH](Cl)Cl. The Balaban J connectivity index is 2.79. The lowest BCUT2D eigenvalue weighted by Crippen LogP contribution is -2.11. The summed E-state index contributed by atoms with van der Waals surface area (Å²) in [5.41, 5.74) is 3.42. The molecule has 0 amide bonds. The van der Waals surface area contributed by atoms with Crippen molar-refractivity contribution in [1.82, 2.24) is 0 Å². The minimum absolute atomic E-state index is 0.379. The Labute approximate surface area is 132 Å². The lowest BCUT2D eigenvalue weighted by Gasteiger charge is -2.17. The van der Waals surface area contributed by atoms with Crippen molar-refractivity contribution in [3.8, 4) is 0 Å². The van der Waals surface area contributed by atoms with Crippen LogP contribution >= 0.6 is 44.3 Å². The van der Waals surface area contributed by atoms with Crippen LogP contribution in [0.4, 0.5) is 0 Å². The number of halogens is 4. The lowest BCUT2D eigenvalue weighted by molar-refractivity contribution is 0.850. The van der Waals surface area contributed by atoms with Gasteiger partial charge in [0.25, 0.3) is 0 Å². The summed E-state index contributed by atoms with van der Waals surface area (Å²) in [6.07, 6.45) is 1.90. The third kappa shape index (κ3) is 5.44. The van der Waals surface area contributed by atoms with Crippen molar-refractivity contribution in [3.63, 3.8) is 0 Å². The number of rotatable bonds is 6. The van der Waals surface area contributed by atoms with E-state index in [-0.39, 0.29) is 0 Å². The van der Waals surface area contributed by atoms with E-state index in [0.29, 0.717) is 11.1 Å². The van der Waals surface area contributed by atoms with E-state index in [4.69, 9.17) is 44.3 Å². The van der Waals surface area contributed by atoms with Gasteiger partial charge in [0.1, 0.15) is 0 Å². The predicted molar refractivity (Wildman–Crippen MR) is 90.4 cm³/mol. The highest BCUT2D eigenvalue weighted by molar-refractivity contribution is 7.34. The molecule has 0 nitrogen and oxygen atoms in total. The quantitative estimate of drug-likeness (QED) is 0.498. The van der Waals surface area contributed by atoms with Crippen molar-refractivity contribution < 1.29 is 0 Å². The first kappa shape index (κ1) is 16.9. The monoisotopic (exact) mass is 358 g/mol. The van der Waals surface area contributed by atoms with Crippen LogP contribution in [0.15, 0.2) is 24.3 Å². The maximum atomic E-state index is 6.06. The van der Waals surface area contributed by atoms with Gasteiger partial charge in [0.05, 0.1) is 0 Å². The molecule has 0 fully saturated rings. The average Bonchev–Trinajstić information content (AvgIpc) is 2.31. The van der Waals surface area contributed by atoms with E-state index in [0.717, 1.165) is 12.8 Å². The molecular weight excluding hydrogens is 342 g/mol. The molecule has 1 rings (SSSR count). The third-order valence-corrected chi connectivity index (χ3v) is 10.4. The van der Waals surface area contributed by atoms with Gasteiger partial charge in [-0.15, -0.1) is 0 Å². The van der Waals surface area contributed by atoms with Crippen molar-refractivity contribution >= 4 is 59.1 Å². The fourth-order valence-electron chi connectivity index (χ4n) is 1.83. The number of hydrogen-bond acceptors (Lipinski definition) is 0. The molecule has 0 aliphatic carbocycles. The Morgan fingerprint density at radius 1 is 0.833 bits per heavy atom. The summed E-state index contributed by atoms with van der Waals surface area (Å²) in [6.45, 7) is 4.25. The molecule has 0 aliphatic heterocycles.